The van der Waals surface area contributed by atoms with Crippen LogP contribution in [0.1, 0.15) is 15.9 Å². The van der Waals surface area contributed by atoms with E-state index >= 15 is 0 Å². The Hall–Kier alpha value is -3.34. The van der Waals surface area contributed by atoms with Gasteiger partial charge in [-0.05, 0) is 42.3 Å². The van der Waals surface area contributed by atoms with Gasteiger partial charge in [0, 0.05) is 31.7 Å². The summed E-state index contributed by atoms with van der Waals surface area (Å²) in [5, 5.41) is 3.33. The molecule has 1 amide bonds. The maximum atomic E-state index is 12.7. The Kier molecular flexibility index (Phi) is 6.05. The van der Waals surface area contributed by atoms with Gasteiger partial charge in [0.1, 0.15) is 5.75 Å². The van der Waals surface area contributed by atoms with Crippen molar-refractivity contribution in [1.29, 1.82) is 0 Å². The number of amides is 1. The predicted octanol–water partition coefficient (Wildman–Crippen LogP) is 4.02. The van der Waals surface area contributed by atoms with Gasteiger partial charge >= 0.3 is 0 Å². The highest BCUT2D eigenvalue weighted by Crippen LogP contribution is 2.17. The lowest BCUT2D eigenvalue weighted by Crippen LogP contribution is -2.26. The van der Waals surface area contributed by atoms with Gasteiger partial charge in [0.15, 0.2) is 0 Å². The van der Waals surface area contributed by atoms with Crippen LogP contribution in [0.2, 0.25) is 0 Å². The molecule has 3 rings (SSSR count). The lowest BCUT2D eigenvalue weighted by molar-refractivity contribution is 0.0992. The number of anilines is 2. The van der Waals surface area contributed by atoms with E-state index in [2.05, 4.69) is 10.3 Å². The summed E-state index contributed by atoms with van der Waals surface area (Å²) < 4.78 is 5.17. The molecule has 5 heteroatoms. The monoisotopic (exact) mass is 361 g/mol. The smallest absolute Gasteiger partial charge is 0.259 e. The fraction of sp³-hybridized carbons (Fsp3) is 0.182. The zero-order valence-corrected chi connectivity index (χ0v) is 15.6. The van der Waals surface area contributed by atoms with Gasteiger partial charge in [-0.1, -0.05) is 30.3 Å². The van der Waals surface area contributed by atoms with E-state index in [0.717, 1.165) is 30.1 Å². The molecule has 1 N–H and O–H groups in total. The second kappa shape index (κ2) is 8.85. The number of carbonyl (C=O) groups is 1. The Bertz CT molecular complexity index is 880. The van der Waals surface area contributed by atoms with Gasteiger partial charge in [-0.25, -0.2) is 0 Å². The number of benzene rings is 2. The fourth-order valence-corrected chi connectivity index (χ4v) is 2.76. The third-order valence-corrected chi connectivity index (χ3v) is 4.34. The Morgan fingerprint density at radius 1 is 1.07 bits per heavy atom. The lowest BCUT2D eigenvalue weighted by atomic mass is 10.1. The van der Waals surface area contributed by atoms with Gasteiger partial charge in [-0.3, -0.25) is 9.78 Å². The Labute approximate surface area is 159 Å². The van der Waals surface area contributed by atoms with Gasteiger partial charge in [-0.15, -0.1) is 0 Å². The van der Waals surface area contributed by atoms with E-state index in [9.17, 15) is 4.79 Å². The first-order valence-corrected chi connectivity index (χ1v) is 8.82. The molecule has 0 spiro atoms. The highest BCUT2D eigenvalue weighted by molar-refractivity contribution is 6.05. The summed E-state index contributed by atoms with van der Waals surface area (Å²) in [4.78, 5) is 18.5. The first kappa shape index (κ1) is 18.5. The number of carbonyl (C=O) groups excluding carboxylic acids is 1. The van der Waals surface area contributed by atoms with Crippen LogP contribution >= 0.6 is 0 Å². The van der Waals surface area contributed by atoms with Gasteiger partial charge in [0.25, 0.3) is 5.91 Å². The first-order valence-electron chi connectivity index (χ1n) is 8.82. The summed E-state index contributed by atoms with van der Waals surface area (Å²) in [6, 6.07) is 19.4. The van der Waals surface area contributed by atoms with Crippen molar-refractivity contribution >= 4 is 17.3 Å². The normalized spacial score (nSPS) is 10.3. The molecule has 0 aliphatic heterocycles. The third kappa shape index (κ3) is 4.85. The average molecular weight is 361 g/mol. The molecular weight excluding hydrogens is 338 g/mol. The molecule has 0 aliphatic rings. The number of ether oxygens (including phenoxy) is 1. The minimum atomic E-state index is -0.0903. The maximum absolute atomic E-state index is 12.7. The van der Waals surface area contributed by atoms with Crippen LogP contribution in [-0.4, -0.2) is 31.6 Å². The number of nitrogens with one attached hydrogen (secondary N) is 1. The molecule has 0 aliphatic carbocycles. The second-order valence-electron chi connectivity index (χ2n) is 6.19. The third-order valence-electron chi connectivity index (χ3n) is 4.34. The van der Waals surface area contributed by atoms with Crippen molar-refractivity contribution < 1.29 is 9.53 Å². The van der Waals surface area contributed by atoms with E-state index in [4.69, 9.17) is 4.74 Å². The minimum absolute atomic E-state index is 0.0903. The molecule has 0 bridgehead atoms. The van der Waals surface area contributed by atoms with Crippen LogP contribution in [0.4, 0.5) is 11.4 Å². The molecule has 0 saturated carbocycles. The summed E-state index contributed by atoms with van der Waals surface area (Å²) in [6.45, 7) is 0.750. The molecule has 1 heterocycles. The molecule has 5 nitrogen and oxygen atoms in total. The van der Waals surface area contributed by atoms with Gasteiger partial charge in [-0.2, -0.15) is 0 Å². The van der Waals surface area contributed by atoms with E-state index < -0.39 is 0 Å². The summed E-state index contributed by atoms with van der Waals surface area (Å²) in [5.41, 5.74) is 3.44. The van der Waals surface area contributed by atoms with Crippen molar-refractivity contribution in [3.8, 4) is 5.75 Å². The topological polar surface area (TPSA) is 54.5 Å². The van der Waals surface area contributed by atoms with Crippen LogP contribution in [-0.2, 0) is 6.42 Å². The number of methoxy groups -OCH3 is 1. The van der Waals surface area contributed by atoms with E-state index in [1.165, 1.54) is 5.56 Å². The van der Waals surface area contributed by atoms with E-state index in [0.29, 0.717) is 5.56 Å². The van der Waals surface area contributed by atoms with Crippen LogP contribution in [0.3, 0.4) is 0 Å². The summed E-state index contributed by atoms with van der Waals surface area (Å²) in [5.74, 6) is 0.761. The van der Waals surface area contributed by atoms with E-state index in [-0.39, 0.29) is 5.91 Å². The maximum Gasteiger partial charge on any atom is 0.259 e. The van der Waals surface area contributed by atoms with Crippen molar-refractivity contribution in [3.63, 3.8) is 0 Å². The second-order valence-corrected chi connectivity index (χ2v) is 6.19. The molecule has 138 valence electrons. The Balaban J connectivity index is 1.60. The van der Waals surface area contributed by atoms with E-state index in [1.54, 1.807) is 31.5 Å². The van der Waals surface area contributed by atoms with Crippen LogP contribution in [0, 0.1) is 0 Å². The van der Waals surface area contributed by atoms with Crippen molar-refractivity contribution in [3.05, 3.63) is 84.2 Å². The quantitative estimate of drug-likeness (QED) is 0.690. The zero-order valence-electron chi connectivity index (χ0n) is 15.6. The summed E-state index contributed by atoms with van der Waals surface area (Å²) in [7, 11) is 3.43. The van der Waals surface area contributed by atoms with Crippen molar-refractivity contribution in [1.82, 2.24) is 4.98 Å². The van der Waals surface area contributed by atoms with Gasteiger partial charge in [0.05, 0.1) is 18.4 Å². The highest BCUT2D eigenvalue weighted by Gasteiger charge is 2.14. The molecule has 1 aromatic heterocycles. The van der Waals surface area contributed by atoms with Gasteiger partial charge < -0.3 is 15.0 Å². The number of para-hydroxylation sites is 1. The highest BCUT2D eigenvalue weighted by atomic mass is 16.5. The first-order chi connectivity index (χ1) is 13.2. The number of hydrogen-bond donors (Lipinski definition) is 1. The molecule has 0 unspecified atom stereocenters. The Morgan fingerprint density at radius 3 is 2.52 bits per heavy atom. The fourth-order valence-electron chi connectivity index (χ4n) is 2.76. The van der Waals surface area contributed by atoms with Gasteiger partial charge in [0.2, 0.25) is 0 Å². The van der Waals surface area contributed by atoms with Crippen LogP contribution in [0.25, 0.3) is 0 Å². The van der Waals surface area contributed by atoms with Crippen LogP contribution in [0.5, 0.6) is 5.75 Å². The number of pyridine rings is 1. The van der Waals surface area contributed by atoms with Crippen LogP contribution < -0.4 is 15.0 Å². The van der Waals surface area contributed by atoms with E-state index in [1.807, 2.05) is 60.7 Å². The lowest BCUT2D eigenvalue weighted by Gasteiger charge is -2.17. The van der Waals surface area contributed by atoms with Crippen molar-refractivity contribution in [2.45, 2.75) is 6.42 Å². The Morgan fingerprint density at radius 2 is 1.81 bits per heavy atom. The standard InChI is InChI=1S/C22H23N3O2/c1-25(20-6-4-3-5-7-20)22(26)18-14-19(16-23-15-18)24-13-12-17-8-10-21(27-2)11-9-17/h3-11,14-16,24H,12-13H2,1-2H3. The number of rotatable bonds is 7. The largest absolute Gasteiger partial charge is 0.497 e. The number of hydrogen-bond acceptors (Lipinski definition) is 4. The number of nitrogens with zero attached hydrogens (tertiary/aromatic N) is 2. The molecule has 0 radical (unpaired) electrons. The molecule has 0 atom stereocenters. The summed E-state index contributed by atoms with van der Waals surface area (Å²) >= 11 is 0. The van der Waals surface area contributed by atoms with Crippen LogP contribution in [0.15, 0.2) is 73.1 Å². The molecule has 0 fully saturated rings. The predicted molar refractivity (Wildman–Crippen MR) is 109 cm³/mol. The molecular formula is C22H23N3O2. The average Bonchev–Trinajstić information content (AvgIpc) is 2.74. The molecule has 2 aromatic carbocycles. The van der Waals surface area contributed by atoms with Crippen molar-refractivity contribution in [2.75, 3.05) is 30.9 Å². The SMILES string of the molecule is COc1ccc(CCNc2cncc(C(=O)N(C)c3ccccc3)c2)cc1. The van der Waals surface area contributed by atoms with Crippen molar-refractivity contribution in [2.24, 2.45) is 0 Å². The zero-order chi connectivity index (χ0) is 19.1. The molecule has 0 saturated heterocycles. The summed E-state index contributed by atoms with van der Waals surface area (Å²) in [6.07, 6.45) is 4.19. The molecule has 3 aromatic rings. The number of aromatic nitrogens is 1. The molecule has 27 heavy (non-hydrogen) atoms. The minimum Gasteiger partial charge on any atom is -0.497 e.